The highest BCUT2D eigenvalue weighted by molar-refractivity contribution is 5.71. The fourth-order valence-electron chi connectivity index (χ4n) is 2.97. The average molecular weight is 413 g/mol. The Morgan fingerprint density at radius 3 is 2.33 bits per heavy atom. The van der Waals surface area contributed by atoms with Gasteiger partial charge in [0.15, 0.2) is 11.5 Å². The number of ether oxygens (including phenoxy) is 4. The molecule has 0 N–H and O–H groups in total. The van der Waals surface area contributed by atoms with Crippen LogP contribution in [0.4, 0.5) is 0 Å². The molecule has 8 nitrogen and oxygen atoms in total. The molecule has 1 heterocycles. The number of methoxy groups -OCH3 is 3. The summed E-state index contributed by atoms with van der Waals surface area (Å²) in [6.07, 6.45) is 0. The smallest absolute Gasteiger partial charge is 0.241 e. The Labute approximate surface area is 176 Å². The lowest BCUT2D eigenvalue weighted by atomic mass is 10.1. The Balaban J connectivity index is 1.62. The van der Waals surface area contributed by atoms with Crippen LogP contribution in [0.5, 0.6) is 23.0 Å². The Morgan fingerprint density at radius 1 is 0.933 bits per heavy atom. The fraction of sp³-hybridized carbons (Fsp3) is 0.364. The van der Waals surface area contributed by atoms with Gasteiger partial charge in [-0.25, -0.2) is 0 Å². The topological polar surface area (TPSA) is 79.1 Å². The number of rotatable bonds is 10. The fourth-order valence-corrected chi connectivity index (χ4v) is 2.97. The molecule has 0 fully saturated rings. The van der Waals surface area contributed by atoms with Crippen LogP contribution in [0.1, 0.15) is 11.5 Å². The van der Waals surface area contributed by atoms with Crippen molar-refractivity contribution in [2.24, 2.45) is 0 Å². The molecule has 0 atom stereocenters. The number of hydrogen-bond donors (Lipinski definition) is 0. The molecular weight excluding hydrogens is 386 g/mol. The van der Waals surface area contributed by atoms with E-state index in [9.17, 15) is 0 Å². The third-order valence-corrected chi connectivity index (χ3v) is 4.58. The second kappa shape index (κ2) is 9.98. The van der Waals surface area contributed by atoms with E-state index in [1.54, 1.807) is 27.4 Å². The van der Waals surface area contributed by atoms with Crippen LogP contribution in [0.25, 0.3) is 11.4 Å². The number of nitrogens with zero attached hydrogens (tertiary/aromatic N) is 3. The van der Waals surface area contributed by atoms with E-state index in [1.165, 1.54) is 5.56 Å². The van der Waals surface area contributed by atoms with Crippen molar-refractivity contribution < 1.29 is 23.5 Å². The maximum absolute atomic E-state index is 5.77. The molecule has 8 heteroatoms. The Morgan fingerprint density at radius 2 is 1.67 bits per heavy atom. The average Bonchev–Trinajstić information content (AvgIpc) is 3.21. The highest BCUT2D eigenvalue weighted by atomic mass is 16.5. The normalized spacial score (nSPS) is 10.9. The van der Waals surface area contributed by atoms with Crippen LogP contribution < -0.4 is 18.9 Å². The van der Waals surface area contributed by atoms with E-state index in [-0.39, 0.29) is 0 Å². The molecule has 30 heavy (non-hydrogen) atoms. The van der Waals surface area contributed by atoms with Gasteiger partial charge in [-0.2, -0.15) is 4.98 Å². The molecular formula is C22H27N3O5. The molecule has 160 valence electrons. The standard InChI is InChI=1S/C22H27N3O5/c1-15-6-8-16(9-7-15)29-13-12-25(2)14-19-23-22(24-30-19)17-10-11-18(26-3)21(28-5)20(17)27-4/h6-11H,12-14H2,1-5H3. The molecule has 0 radical (unpaired) electrons. The second-order valence-corrected chi connectivity index (χ2v) is 6.79. The molecule has 0 aliphatic rings. The Kier molecular flexibility index (Phi) is 7.13. The van der Waals surface area contributed by atoms with Crippen LogP contribution in [0.2, 0.25) is 0 Å². The van der Waals surface area contributed by atoms with Gasteiger partial charge in [0.2, 0.25) is 17.5 Å². The predicted octanol–water partition coefficient (Wildman–Crippen LogP) is 3.58. The maximum atomic E-state index is 5.77. The highest BCUT2D eigenvalue weighted by Crippen LogP contribution is 2.43. The molecule has 0 amide bonds. The van der Waals surface area contributed by atoms with Gasteiger partial charge in [0.1, 0.15) is 12.4 Å². The maximum Gasteiger partial charge on any atom is 0.241 e. The van der Waals surface area contributed by atoms with Crippen LogP contribution >= 0.6 is 0 Å². The molecule has 1 aromatic heterocycles. The van der Waals surface area contributed by atoms with E-state index in [1.807, 2.05) is 44.3 Å². The molecule has 3 rings (SSSR count). The lowest BCUT2D eigenvalue weighted by Crippen LogP contribution is -2.24. The zero-order chi connectivity index (χ0) is 21.5. The molecule has 3 aromatic rings. The molecule has 0 saturated carbocycles. The van der Waals surface area contributed by atoms with Gasteiger partial charge in [0.25, 0.3) is 0 Å². The van der Waals surface area contributed by atoms with Gasteiger partial charge in [-0.3, -0.25) is 4.90 Å². The molecule has 0 unspecified atom stereocenters. The van der Waals surface area contributed by atoms with Gasteiger partial charge < -0.3 is 23.5 Å². The van der Waals surface area contributed by atoms with Crippen LogP contribution in [0.15, 0.2) is 40.9 Å². The van der Waals surface area contributed by atoms with Gasteiger partial charge in [0, 0.05) is 6.54 Å². The van der Waals surface area contributed by atoms with Crippen molar-refractivity contribution in [3.63, 3.8) is 0 Å². The van der Waals surface area contributed by atoms with E-state index in [0.717, 1.165) is 5.75 Å². The molecule has 2 aromatic carbocycles. The van der Waals surface area contributed by atoms with Gasteiger partial charge in [-0.1, -0.05) is 22.9 Å². The first kappa shape index (κ1) is 21.4. The second-order valence-electron chi connectivity index (χ2n) is 6.79. The summed E-state index contributed by atoms with van der Waals surface area (Å²) in [4.78, 5) is 6.55. The molecule has 0 bridgehead atoms. The monoisotopic (exact) mass is 413 g/mol. The minimum atomic E-state index is 0.423. The van der Waals surface area contributed by atoms with E-state index >= 15 is 0 Å². The van der Waals surface area contributed by atoms with Crippen molar-refractivity contribution >= 4 is 0 Å². The molecule has 0 aliphatic carbocycles. The first-order valence-electron chi connectivity index (χ1n) is 9.55. The molecule has 0 saturated heterocycles. The van der Waals surface area contributed by atoms with E-state index in [0.29, 0.717) is 54.2 Å². The van der Waals surface area contributed by atoms with Crippen molar-refractivity contribution in [3.8, 4) is 34.4 Å². The quantitative estimate of drug-likeness (QED) is 0.499. The van der Waals surface area contributed by atoms with Crippen LogP contribution in [-0.2, 0) is 6.54 Å². The number of likely N-dealkylation sites (N-methyl/N-ethyl adjacent to an activating group) is 1. The minimum absolute atomic E-state index is 0.423. The molecule has 0 spiro atoms. The summed E-state index contributed by atoms with van der Waals surface area (Å²) in [5, 5.41) is 4.09. The summed E-state index contributed by atoms with van der Waals surface area (Å²) < 4.78 is 27.4. The van der Waals surface area contributed by atoms with Crippen molar-refractivity contribution in [2.75, 3.05) is 41.5 Å². The van der Waals surface area contributed by atoms with Gasteiger partial charge in [-0.15, -0.1) is 0 Å². The van der Waals surface area contributed by atoms with Crippen molar-refractivity contribution in [1.29, 1.82) is 0 Å². The van der Waals surface area contributed by atoms with Crippen LogP contribution in [0, 0.1) is 6.92 Å². The predicted molar refractivity (Wildman–Crippen MR) is 112 cm³/mol. The van der Waals surface area contributed by atoms with Gasteiger partial charge in [0.05, 0.1) is 33.4 Å². The summed E-state index contributed by atoms with van der Waals surface area (Å²) in [6, 6.07) is 11.6. The zero-order valence-corrected chi connectivity index (χ0v) is 18.0. The third-order valence-electron chi connectivity index (χ3n) is 4.58. The first-order valence-corrected chi connectivity index (χ1v) is 9.55. The SMILES string of the molecule is COc1ccc(-c2noc(CN(C)CCOc3ccc(C)cc3)n2)c(OC)c1OC. The Bertz CT molecular complexity index is 956. The summed E-state index contributed by atoms with van der Waals surface area (Å²) in [6.45, 7) is 3.82. The molecule has 0 aliphatic heterocycles. The van der Waals surface area contributed by atoms with Crippen LogP contribution in [-0.4, -0.2) is 56.6 Å². The van der Waals surface area contributed by atoms with Crippen LogP contribution in [0.3, 0.4) is 0 Å². The lowest BCUT2D eigenvalue weighted by molar-refractivity contribution is 0.213. The number of benzene rings is 2. The van der Waals surface area contributed by atoms with Crippen molar-refractivity contribution in [1.82, 2.24) is 15.0 Å². The Hall–Kier alpha value is -3.26. The zero-order valence-electron chi connectivity index (χ0n) is 18.0. The van der Waals surface area contributed by atoms with Crippen molar-refractivity contribution in [3.05, 3.63) is 47.9 Å². The highest BCUT2D eigenvalue weighted by Gasteiger charge is 2.21. The largest absolute Gasteiger partial charge is 0.493 e. The van der Waals surface area contributed by atoms with Gasteiger partial charge >= 0.3 is 0 Å². The summed E-state index contributed by atoms with van der Waals surface area (Å²) in [5.74, 6) is 3.31. The lowest BCUT2D eigenvalue weighted by Gasteiger charge is -2.15. The third kappa shape index (κ3) is 5.01. The summed E-state index contributed by atoms with van der Waals surface area (Å²) in [7, 11) is 6.66. The number of aromatic nitrogens is 2. The summed E-state index contributed by atoms with van der Waals surface area (Å²) in [5.41, 5.74) is 1.87. The summed E-state index contributed by atoms with van der Waals surface area (Å²) >= 11 is 0. The van der Waals surface area contributed by atoms with E-state index < -0.39 is 0 Å². The van der Waals surface area contributed by atoms with Gasteiger partial charge in [-0.05, 0) is 38.2 Å². The number of aryl methyl sites for hydroxylation is 1. The van der Waals surface area contributed by atoms with E-state index in [4.69, 9.17) is 23.5 Å². The van der Waals surface area contributed by atoms with E-state index in [2.05, 4.69) is 15.0 Å². The number of hydrogen-bond acceptors (Lipinski definition) is 8. The first-order chi connectivity index (χ1) is 14.5. The van der Waals surface area contributed by atoms with Crippen molar-refractivity contribution in [2.45, 2.75) is 13.5 Å². The minimum Gasteiger partial charge on any atom is -0.493 e.